The quantitative estimate of drug-likeness (QED) is 0.864. The monoisotopic (exact) mass is 353 g/mol. The molecule has 1 saturated carbocycles. The van der Waals surface area contributed by atoms with Crippen LogP contribution in [0.1, 0.15) is 50.4 Å². The molecule has 0 spiro atoms. The number of halogens is 1. The second-order valence-corrected chi connectivity index (χ2v) is 6.93. The zero-order valence-electron chi connectivity index (χ0n) is 12.9. The van der Waals surface area contributed by atoms with Gasteiger partial charge in [-0.1, -0.05) is 13.8 Å². The summed E-state index contributed by atoms with van der Waals surface area (Å²) < 4.78 is 0.819. The van der Waals surface area contributed by atoms with Gasteiger partial charge >= 0.3 is 0 Å². The van der Waals surface area contributed by atoms with Crippen LogP contribution in [0.3, 0.4) is 0 Å². The highest BCUT2D eigenvalue weighted by Crippen LogP contribution is 2.29. The molecule has 0 bridgehead atoms. The first-order valence-electron chi connectivity index (χ1n) is 7.71. The van der Waals surface area contributed by atoms with Gasteiger partial charge in [-0.2, -0.15) is 0 Å². The topological polar surface area (TPSA) is 54.0 Å². The van der Waals surface area contributed by atoms with Gasteiger partial charge in [-0.15, -0.1) is 0 Å². The number of nitrogens with zero attached hydrogens (tertiary/aromatic N) is 1. The van der Waals surface area contributed by atoms with Crippen LogP contribution in [-0.2, 0) is 0 Å². The van der Waals surface area contributed by atoms with Gasteiger partial charge in [-0.05, 0) is 60.0 Å². The smallest absolute Gasteiger partial charge is 0.255 e. The standard InChI is InChI=1S/C16H24BrN3O/c1-4-18-15-14(8-12(17)9-19-15)16(21)20-13-6-5-10(2)11(3)7-13/h8-11,13H,4-7H2,1-3H3,(H,18,19)(H,20,21). The van der Waals surface area contributed by atoms with Crippen LogP contribution in [0.25, 0.3) is 0 Å². The minimum absolute atomic E-state index is 0.0356. The summed E-state index contributed by atoms with van der Waals surface area (Å²) >= 11 is 3.39. The van der Waals surface area contributed by atoms with Crippen molar-refractivity contribution in [2.75, 3.05) is 11.9 Å². The zero-order chi connectivity index (χ0) is 15.4. The van der Waals surface area contributed by atoms with Gasteiger partial charge in [0.1, 0.15) is 5.82 Å². The Labute approximate surface area is 135 Å². The van der Waals surface area contributed by atoms with E-state index in [1.54, 1.807) is 6.20 Å². The van der Waals surface area contributed by atoms with Gasteiger partial charge in [-0.3, -0.25) is 4.79 Å². The number of carbonyl (C=O) groups excluding carboxylic acids is 1. The van der Waals surface area contributed by atoms with E-state index in [2.05, 4.69) is 45.4 Å². The summed E-state index contributed by atoms with van der Waals surface area (Å²) in [6.07, 6.45) is 5.02. The minimum atomic E-state index is -0.0356. The maximum absolute atomic E-state index is 12.5. The predicted molar refractivity (Wildman–Crippen MR) is 89.5 cm³/mol. The molecule has 3 unspecified atom stereocenters. The van der Waals surface area contributed by atoms with E-state index in [1.807, 2.05) is 13.0 Å². The Morgan fingerprint density at radius 2 is 2.14 bits per heavy atom. The molecule has 0 aliphatic heterocycles. The summed E-state index contributed by atoms with van der Waals surface area (Å²) in [5.41, 5.74) is 0.609. The normalized spacial score (nSPS) is 25.4. The molecule has 1 aromatic heterocycles. The lowest BCUT2D eigenvalue weighted by Crippen LogP contribution is -2.40. The molecule has 116 valence electrons. The fourth-order valence-corrected chi connectivity index (χ4v) is 3.19. The summed E-state index contributed by atoms with van der Waals surface area (Å²) in [5.74, 6) is 2.03. The molecule has 2 N–H and O–H groups in total. The third-order valence-electron chi connectivity index (χ3n) is 4.38. The van der Waals surface area contributed by atoms with Gasteiger partial charge in [0.25, 0.3) is 5.91 Å². The summed E-state index contributed by atoms with van der Waals surface area (Å²) in [4.78, 5) is 16.8. The lowest BCUT2D eigenvalue weighted by atomic mass is 9.79. The minimum Gasteiger partial charge on any atom is -0.370 e. The van der Waals surface area contributed by atoms with Crippen molar-refractivity contribution in [1.82, 2.24) is 10.3 Å². The SMILES string of the molecule is CCNc1ncc(Br)cc1C(=O)NC1CCC(C)C(C)C1. The molecule has 3 atom stereocenters. The van der Waals surface area contributed by atoms with Crippen LogP contribution >= 0.6 is 15.9 Å². The van der Waals surface area contributed by atoms with E-state index >= 15 is 0 Å². The van der Waals surface area contributed by atoms with Crippen molar-refractivity contribution in [2.45, 2.75) is 46.1 Å². The van der Waals surface area contributed by atoms with Crippen LogP contribution in [0.2, 0.25) is 0 Å². The van der Waals surface area contributed by atoms with Crippen LogP contribution in [0.15, 0.2) is 16.7 Å². The molecule has 1 fully saturated rings. The van der Waals surface area contributed by atoms with E-state index in [-0.39, 0.29) is 11.9 Å². The number of pyridine rings is 1. The van der Waals surface area contributed by atoms with Gasteiger partial charge in [-0.25, -0.2) is 4.98 Å². The van der Waals surface area contributed by atoms with E-state index in [0.717, 1.165) is 29.8 Å². The molecule has 1 aliphatic carbocycles. The number of rotatable bonds is 4. The molecule has 0 aromatic carbocycles. The van der Waals surface area contributed by atoms with E-state index in [4.69, 9.17) is 0 Å². The van der Waals surface area contributed by atoms with Crippen LogP contribution in [0.5, 0.6) is 0 Å². The number of nitrogens with one attached hydrogen (secondary N) is 2. The van der Waals surface area contributed by atoms with Gasteiger partial charge < -0.3 is 10.6 Å². The number of amides is 1. The van der Waals surface area contributed by atoms with Crippen molar-refractivity contribution in [3.8, 4) is 0 Å². The lowest BCUT2D eigenvalue weighted by molar-refractivity contribution is 0.0911. The molecule has 4 nitrogen and oxygen atoms in total. The van der Waals surface area contributed by atoms with Crippen LogP contribution in [0, 0.1) is 11.8 Å². The van der Waals surface area contributed by atoms with Crippen LogP contribution in [0.4, 0.5) is 5.82 Å². The summed E-state index contributed by atoms with van der Waals surface area (Å²) in [5, 5.41) is 6.32. The average Bonchev–Trinajstić information content (AvgIpc) is 2.45. The Kier molecular flexibility index (Phi) is 5.62. The van der Waals surface area contributed by atoms with E-state index < -0.39 is 0 Å². The third-order valence-corrected chi connectivity index (χ3v) is 4.81. The first-order chi connectivity index (χ1) is 10.0. The molecule has 2 rings (SSSR count). The van der Waals surface area contributed by atoms with E-state index in [9.17, 15) is 4.79 Å². The number of hydrogen-bond acceptors (Lipinski definition) is 3. The highest BCUT2D eigenvalue weighted by atomic mass is 79.9. The Morgan fingerprint density at radius 3 is 2.81 bits per heavy atom. The third kappa shape index (κ3) is 4.19. The highest BCUT2D eigenvalue weighted by Gasteiger charge is 2.26. The van der Waals surface area contributed by atoms with E-state index in [1.165, 1.54) is 6.42 Å². The average molecular weight is 354 g/mol. The first-order valence-corrected chi connectivity index (χ1v) is 8.50. The molecule has 1 heterocycles. The number of aromatic nitrogens is 1. The first kappa shape index (κ1) is 16.3. The second kappa shape index (κ2) is 7.25. The summed E-state index contributed by atoms with van der Waals surface area (Å²) in [6, 6.07) is 2.10. The molecular formula is C16H24BrN3O. The number of anilines is 1. The van der Waals surface area contributed by atoms with Gasteiger partial charge in [0.05, 0.1) is 5.56 Å². The zero-order valence-corrected chi connectivity index (χ0v) is 14.5. The van der Waals surface area contributed by atoms with E-state index in [0.29, 0.717) is 17.3 Å². The molecule has 0 saturated heterocycles. The maximum Gasteiger partial charge on any atom is 0.255 e. The summed E-state index contributed by atoms with van der Waals surface area (Å²) in [7, 11) is 0. The van der Waals surface area contributed by atoms with Crippen LogP contribution in [-0.4, -0.2) is 23.5 Å². The fourth-order valence-electron chi connectivity index (χ4n) is 2.86. The molecule has 21 heavy (non-hydrogen) atoms. The molecular weight excluding hydrogens is 330 g/mol. The number of carbonyl (C=O) groups is 1. The molecule has 1 aromatic rings. The van der Waals surface area contributed by atoms with Crippen molar-refractivity contribution in [3.63, 3.8) is 0 Å². The maximum atomic E-state index is 12.5. The van der Waals surface area contributed by atoms with Gasteiger partial charge in [0.2, 0.25) is 0 Å². The Hall–Kier alpha value is -1.10. The Morgan fingerprint density at radius 1 is 1.38 bits per heavy atom. The van der Waals surface area contributed by atoms with Gasteiger partial charge in [0.15, 0.2) is 0 Å². The van der Waals surface area contributed by atoms with Crippen molar-refractivity contribution < 1.29 is 4.79 Å². The Balaban J connectivity index is 2.08. The molecule has 1 aliphatic rings. The predicted octanol–water partition coefficient (Wildman–Crippen LogP) is 3.83. The second-order valence-electron chi connectivity index (χ2n) is 6.02. The molecule has 5 heteroatoms. The Bertz CT molecular complexity index is 506. The largest absolute Gasteiger partial charge is 0.370 e. The van der Waals surface area contributed by atoms with Crippen molar-refractivity contribution in [3.05, 3.63) is 22.3 Å². The number of hydrogen-bond donors (Lipinski definition) is 2. The molecule has 1 amide bonds. The van der Waals surface area contributed by atoms with Gasteiger partial charge in [0, 0.05) is 23.3 Å². The summed E-state index contributed by atoms with van der Waals surface area (Å²) in [6.45, 7) is 7.31. The molecule has 0 radical (unpaired) electrons. The lowest BCUT2D eigenvalue weighted by Gasteiger charge is -2.32. The van der Waals surface area contributed by atoms with Crippen molar-refractivity contribution in [2.24, 2.45) is 11.8 Å². The fraction of sp³-hybridized carbons (Fsp3) is 0.625. The van der Waals surface area contributed by atoms with Crippen LogP contribution < -0.4 is 10.6 Å². The van der Waals surface area contributed by atoms with Crippen molar-refractivity contribution >= 4 is 27.7 Å². The van der Waals surface area contributed by atoms with Crippen molar-refractivity contribution in [1.29, 1.82) is 0 Å². The highest BCUT2D eigenvalue weighted by molar-refractivity contribution is 9.10.